The van der Waals surface area contributed by atoms with Crippen LogP contribution in [0.2, 0.25) is 0 Å². The van der Waals surface area contributed by atoms with Gasteiger partial charge in [-0.1, -0.05) is 19.9 Å². The Hall–Kier alpha value is -0.340. The van der Waals surface area contributed by atoms with Crippen molar-refractivity contribution in [3.8, 4) is 0 Å². The number of hydrogen-bond donors (Lipinski definition) is 0. The number of nitrogens with zero attached hydrogens (tertiary/aromatic N) is 1. The van der Waals surface area contributed by atoms with Crippen molar-refractivity contribution < 1.29 is 4.74 Å². The molecule has 1 aliphatic heterocycles. The molecule has 0 radical (unpaired) electrons. The molecule has 2 nitrogen and oxygen atoms in total. The van der Waals surface area contributed by atoms with Gasteiger partial charge in [0.2, 0.25) is 0 Å². The predicted molar refractivity (Wildman–Crippen MR) is 64.8 cm³/mol. The Labute approximate surface area is 94.3 Å². The minimum absolute atomic E-state index is 0.178. The minimum atomic E-state index is 0.178. The van der Waals surface area contributed by atoms with E-state index in [1.165, 1.54) is 6.42 Å². The zero-order valence-electron chi connectivity index (χ0n) is 10.8. The first-order chi connectivity index (χ1) is 6.83. The predicted octanol–water partition coefficient (Wildman–Crippen LogP) is 3.05. The van der Waals surface area contributed by atoms with Gasteiger partial charge in [0.25, 0.3) is 0 Å². The Balaban J connectivity index is 2.73. The molecular formula is C13H25NO. The molecule has 1 aliphatic rings. The molecule has 2 heteroatoms. The maximum Gasteiger partial charge on any atom is 0.111 e. The molecule has 1 atom stereocenters. The lowest BCUT2D eigenvalue weighted by molar-refractivity contribution is -0.152. The van der Waals surface area contributed by atoms with Crippen molar-refractivity contribution in [2.75, 3.05) is 13.7 Å². The molecule has 0 aromatic rings. The molecule has 1 rings (SSSR count). The van der Waals surface area contributed by atoms with E-state index >= 15 is 0 Å². The van der Waals surface area contributed by atoms with E-state index in [1.54, 1.807) is 0 Å². The summed E-state index contributed by atoms with van der Waals surface area (Å²) in [5, 5.41) is 0. The second kappa shape index (κ2) is 4.26. The first kappa shape index (κ1) is 12.7. The molecule has 0 bridgehead atoms. The third kappa shape index (κ3) is 2.26. The van der Waals surface area contributed by atoms with Gasteiger partial charge in [-0.25, -0.2) is 0 Å². The number of likely N-dealkylation sites (tertiary alicyclic amines) is 1. The fraction of sp³-hybridized carbons (Fsp3) is 0.846. The molecule has 1 fully saturated rings. The highest BCUT2D eigenvalue weighted by atomic mass is 16.5. The second-order valence-corrected chi connectivity index (χ2v) is 5.67. The van der Waals surface area contributed by atoms with Crippen LogP contribution in [-0.4, -0.2) is 30.3 Å². The SMILES string of the molecule is C=CCOC1CCC(C)(C)C(C)(C)N1C. The summed E-state index contributed by atoms with van der Waals surface area (Å²) in [6, 6.07) is 0. The van der Waals surface area contributed by atoms with Crippen LogP contribution in [0.25, 0.3) is 0 Å². The van der Waals surface area contributed by atoms with E-state index in [0.29, 0.717) is 12.0 Å². The first-order valence-corrected chi connectivity index (χ1v) is 5.78. The lowest BCUT2D eigenvalue weighted by Gasteiger charge is -2.55. The van der Waals surface area contributed by atoms with E-state index < -0.39 is 0 Å². The highest BCUT2D eigenvalue weighted by molar-refractivity contribution is 4.98. The summed E-state index contributed by atoms with van der Waals surface area (Å²) in [6.45, 7) is 13.6. The van der Waals surface area contributed by atoms with Gasteiger partial charge < -0.3 is 4.74 Å². The van der Waals surface area contributed by atoms with Gasteiger partial charge in [0.1, 0.15) is 6.23 Å². The quantitative estimate of drug-likeness (QED) is 0.665. The Morgan fingerprint density at radius 3 is 2.53 bits per heavy atom. The number of hydrogen-bond acceptors (Lipinski definition) is 2. The maximum absolute atomic E-state index is 5.78. The standard InChI is InChI=1S/C13H25NO/c1-7-10-15-11-8-9-12(2,3)13(4,5)14(11)6/h7,11H,1,8-10H2,2-6H3. The zero-order chi connectivity index (χ0) is 11.7. The van der Waals surface area contributed by atoms with Crippen molar-refractivity contribution in [2.24, 2.45) is 5.41 Å². The van der Waals surface area contributed by atoms with E-state index in [-0.39, 0.29) is 11.8 Å². The van der Waals surface area contributed by atoms with E-state index in [0.717, 1.165) is 6.42 Å². The molecule has 0 aromatic heterocycles. The summed E-state index contributed by atoms with van der Waals surface area (Å²) < 4.78 is 5.78. The van der Waals surface area contributed by atoms with Crippen LogP contribution >= 0.6 is 0 Å². The molecule has 0 saturated carbocycles. The summed E-state index contributed by atoms with van der Waals surface area (Å²) in [5.41, 5.74) is 0.521. The van der Waals surface area contributed by atoms with Gasteiger partial charge in [0.05, 0.1) is 6.61 Å². The van der Waals surface area contributed by atoms with Gasteiger partial charge in [-0.3, -0.25) is 4.90 Å². The number of piperidine rings is 1. The summed E-state index contributed by atoms with van der Waals surface area (Å²) in [6.07, 6.45) is 4.39. The Morgan fingerprint density at radius 2 is 2.00 bits per heavy atom. The van der Waals surface area contributed by atoms with Gasteiger partial charge in [-0.15, -0.1) is 6.58 Å². The minimum Gasteiger partial charge on any atom is -0.359 e. The second-order valence-electron chi connectivity index (χ2n) is 5.67. The summed E-state index contributed by atoms with van der Waals surface area (Å²) in [5.74, 6) is 0. The van der Waals surface area contributed by atoms with Crippen LogP contribution in [-0.2, 0) is 4.74 Å². The van der Waals surface area contributed by atoms with E-state index in [9.17, 15) is 0 Å². The molecule has 88 valence electrons. The topological polar surface area (TPSA) is 12.5 Å². The molecule has 1 heterocycles. The van der Waals surface area contributed by atoms with Crippen LogP contribution in [0.1, 0.15) is 40.5 Å². The van der Waals surface area contributed by atoms with Gasteiger partial charge in [0, 0.05) is 5.54 Å². The van der Waals surface area contributed by atoms with Crippen LogP contribution in [0.15, 0.2) is 12.7 Å². The summed E-state index contributed by atoms with van der Waals surface area (Å²) in [4.78, 5) is 2.36. The average molecular weight is 211 g/mol. The molecule has 0 spiro atoms. The van der Waals surface area contributed by atoms with Crippen molar-refractivity contribution in [1.29, 1.82) is 0 Å². The van der Waals surface area contributed by atoms with Gasteiger partial charge >= 0.3 is 0 Å². The van der Waals surface area contributed by atoms with E-state index in [1.807, 2.05) is 6.08 Å². The molecule has 0 amide bonds. The fourth-order valence-electron chi connectivity index (χ4n) is 2.20. The summed E-state index contributed by atoms with van der Waals surface area (Å²) in [7, 11) is 2.16. The molecule has 1 unspecified atom stereocenters. The van der Waals surface area contributed by atoms with Crippen molar-refractivity contribution >= 4 is 0 Å². The van der Waals surface area contributed by atoms with Gasteiger partial charge in [-0.2, -0.15) is 0 Å². The largest absolute Gasteiger partial charge is 0.359 e. The Morgan fingerprint density at radius 1 is 1.40 bits per heavy atom. The normalized spacial score (nSPS) is 30.1. The van der Waals surface area contributed by atoms with Crippen molar-refractivity contribution in [1.82, 2.24) is 4.90 Å². The van der Waals surface area contributed by atoms with E-state index in [2.05, 4.69) is 46.2 Å². The smallest absolute Gasteiger partial charge is 0.111 e. The lowest BCUT2D eigenvalue weighted by Crippen LogP contribution is -2.60. The molecule has 0 aliphatic carbocycles. The molecule has 0 N–H and O–H groups in total. The van der Waals surface area contributed by atoms with Crippen molar-refractivity contribution in [3.63, 3.8) is 0 Å². The maximum atomic E-state index is 5.78. The van der Waals surface area contributed by atoms with Gasteiger partial charge in [0.15, 0.2) is 0 Å². The van der Waals surface area contributed by atoms with E-state index in [4.69, 9.17) is 4.74 Å². The Bertz CT molecular complexity index is 233. The summed E-state index contributed by atoms with van der Waals surface area (Å²) >= 11 is 0. The average Bonchev–Trinajstić information content (AvgIpc) is 2.15. The monoisotopic (exact) mass is 211 g/mol. The van der Waals surface area contributed by atoms with Crippen LogP contribution in [0.4, 0.5) is 0 Å². The third-order valence-corrected chi connectivity index (χ3v) is 4.39. The fourth-order valence-corrected chi connectivity index (χ4v) is 2.20. The number of rotatable bonds is 3. The third-order valence-electron chi connectivity index (χ3n) is 4.39. The van der Waals surface area contributed by atoms with Crippen LogP contribution in [0, 0.1) is 5.41 Å². The first-order valence-electron chi connectivity index (χ1n) is 5.78. The molecule has 1 saturated heterocycles. The lowest BCUT2D eigenvalue weighted by atomic mass is 9.68. The Kier molecular flexibility index (Phi) is 3.62. The molecular weight excluding hydrogens is 186 g/mol. The zero-order valence-corrected chi connectivity index (χ0v) is 10.8. The van der Waals surface area contributed by atoms with Crippen molar-refractivity contribution in [3.05, 3.63) is 12.7 Å². The molecule has 0 aromatic carbocycles. The van der Waals surface area contributed by atoms with Crippen LogP contribution in [0.3, 0.4) is 0 Å². The highest BCUT2D eigenvalue weighted by Crippen LogP contribution is 2.44. The van der Waals surface area contributed by atoms with Crippen LogP contribution in [0.5, 0.6) is 0 Å². The highest BCUT2D eigenvalue weighted by Gasteiger charge is 2.46. The van der Waals surface area contributed by atoms with Crippen LogP contribution < -0.4 is 0 Å². The number of ether oxygens (including phenoxy) is 1. The van der Waals surface area contributed by atoms with Gasteiger partial charge in [-0.05, 0) is 39.2 Å². The molecule has 15 heavy (non-hydrogen) atoms. The van der Waals surface area contributed by atoms with Crippen molar-refractivity contribution in [2.45, 2.75) is 52.3 Å².